The zero-order valence-corrected chi connectivity index (χ0v) is 11.5. The molecular weight excluding hydrogens is 252 g/mol. The molecule has 106 valence electrons. The average molecular weight is 271 g/mol. The molecule has 1 N–H and O–H groups in total. The number of hydrogen-bond donors (Lipinski definition) is 1. The Morgan fingerprint density at radius 1 is 1.74 bits per heavy atom. The van der Waals surface area contributed by atoms with E-state index in [9.17, 15) is 10.1 Å². The summed E-state index contributed by atoms with van der Waals surface area (Å²) in [4.78, 5) is 10.4. The molecule has 0 aliphatic heterocycles. The summed E-state index contributed by atoms with van der Waals surface area (Å²) in [6.07, 6.45) is 4.78. The molecule has 0 saturated heterocycles. The predicted molar refractivity (Wildman–Crippen MR) is 66.6 cm³/mol. The Kier molecular flexibility index (Phi) is 4.60. The lowest BCUT2D eigenvalue weighted by Gasteiger charge is -2.24. The van der Waals surface area contributed by atoms with E-state index in [0.717, 1.165) is 0 Å². The summed E-state index contributed by atoms with van der Waals surface area (Å²) >= 11 is 0. The van der Waals surface area contributed by atoms with Crippen molar-refractivity contribution in [2.45, 2.75) is 39.1 Å². The van der Waals surface area contributed by atoms with Crippen LogP contribution < -0.4 is 4.57 Å². The van der Waals surface area contributed by atoms with Gasteiger partial charge in [0, 0.05) is 11.8 Å². The van der Waals surface area contributed by atoms with Crippen molar-refractivity contribution in [2.75, 3.05) is 0 Å². The summed E-state index contributed by atoms with van der Waals surface area (Å²) in [5, 5.41) is 22.4. The first-order valence-electron chi connectivity index (χ1n) is 5.79. The van der Waals surface area contributed by atoms with E-state index in [1.54, 1.807) is 42.4 Å². The average Bonchev–Trinajstić information content (AvgIpc) is 2.68. The SMILES string of the molecule is CC([N+](=O)[O-])C(C)(C)OCn1cc[n+](C)c1/C=N\O. The van der Waals surface area contributed by atoms with Gasteiger partial charge in [0.05, 0.1) is 7.05 Å². The fraction of sp³-hybridized carbons (Fsp3) is 0.636. The third-order valence-corrected chi connectivity index (χ3v) is 3.20. The standard InChI is InChI=1S/C11H18N4O4/c1-9(15(17)18)11(2,3)19-8-14-6-5-13(4)10(14)7-12-16/h5-7,9H,8H2,1-4H3/p+1. The Balaban J connectivity index is 2.79. The lowest BCUT2D eigenvalue weighted by atomic mass is 10.0. The van der Waals surface area contributed by atoms with Crippen molar-refractivity contribution in [2.24, 2.45) is 12.2 Å². The Bertz CT molecular complexity index is 481. The van der Waals surface area contributed by atoms with Gasteiger partial charge in [-0.1, -0.05) is 5.16 Å². The molecule has 0 amide bonds. The number of aryl methyl sites for hydroxylation is 1. The fourth-order valence-electron chi connectivity index (χ4n) is 1.47. The molecule has 1 atom stereocenters. The van der Waals surface area contributed by atoms with Crippen LogP contribution in [0.15, 0.2) is 17.5 Å². The minimum atomic E-state index is -0.903. The fourth-order valence-corrected chi connectivity index (χ4v) is 1.47. The van der Waals surface area contributed by atoms with Crippen LogP contribution in [0.2, 0.25) is 0 Å². The number of oxime groups is 1. The first-order chi connectivity index (χ1) is 8.79. The summed E-state index contributed by atoms with van der Waals surface area (Å²) in [5.74, 6) is 0.618. The summed E-state index contributed by atoms with van der Waals surface area (Å²) in [6.45, 7) is 4.98. The molecule has 0 fully saturated rings. The highest BCUT2D eigenvalue weighted by atomic mass is 16.6. The molecule has 1 rings (SSSR count). The van der Waals surface area contributed by atoms with E-state index in [2.05, 4.69) is 5.16 Å². The number of nitro groups is 1. The highest BCUT2D eigenvalue weighted by Gasteiger charge is 2.36. The van der Waals surface area contributed by atoms with E-state index < -0.39 is 11.6 Å². The van der Waals surface area contributed by atoms with Crippen LogP contribution in [0.4, 0.5) is 0 Å². The summed E-state index contributed by atoms with van der Waals surface area (Å²) < 4.78 is 9.04. The molecule has 8 heteroatoms. The topological polar surface area (TPSA) is 93.8 Å². The molecule has 8 nitrogen and oxygen atoms in total. The second-order valence-electron chi connectivity index (χ2n) is 4.82. The summed E-state index contributed by atoms with van der Waals surface area (Å²) in [6, 6.07) is -0.827. The lowest BCUT2D eigenvalue weighted by Crippen LogP contribution is -2.43. The third kappa shape index (κ3) is 3.50. The van der Waals surface area contributed by atoms with Gasteiger partial charge in [-0.3, -0.25) is 10.1 Å². The smallest absolute Gasteiger partial charge is 0.305 e. The number of aromatic nitrogens is 2. The molecule has 1 heterocycles. The maximum Gasteiger partial charge on any atom is 0.305 e. The van der Waals surface area contributed by atoms with E-state index in [-0.39, 0.29) is 11.7 Å². The van der Waals surface area contributed by atoms with Gasteiger partial charge in [0.1, 0.15) is 18.0 Å². The Morgan fingerprint density at radius 2 is 2.37 bits per heavy atom. The maximum atomic E-state index is 10.8. The van der Waals surface area contributed by atoms with E-state index >= 15 is 0 Å². The van der Waals surface area contributed by atoms with Crippen LogP contribution in [0, 0.1) is 10.1 Å². The van der Waals surface area contributed by atoms with E-state index in [1.807, 2.05) is 0 Å². The van der Waals surface area contributed by atoms with Gasteiger partial charge in [-0.05, 0) is 13.8 Å². The Hall–Kier alpha value is -1.96. The number of ether oxygens (including phenoxy) is 1. The van der Waals surface area contributed by atoms with Gasteiger partial charge in [-0.15, -0.1) is 0 Å². The molecule has 0 spiro atoms. The van der Waals surface area contributed by atoms with Gasteiger partial charge >= 0.3 is 5.82 Å². The Morgan fingerprint density at radius 3 is 2.89 bits per heavy atom. The predicted octanol–water partition coefficient (Wildman–Crippen LogP) is 0.539. The minimum absolute atomic E-state index is 0.132. The van der Waals surface area contributed by atoms with Crippen LogP contribution in [0.1, 0.15) is 26.6 Å². The van der Waals surface area contributed by atoms with Crippen molar-refractivity contribution >= 4 is 6.21 Å². The Labute approximate surface area is 111 Å². The molecule has 1 unspecified atom stereocenters. The van der Waals surface area contributed by atoms with Gasteiger partial charge < -0.3 is 9.94 Å². The minimum Gasteiger partial charge on any atom is -0.411 e. The van der Waals surface area contributed by atoms with Gasteiger partial charge in [-0.25, -0.2) is 9.13 Å². The zero-order chi connectivity index (χ0) is 14.6. The van der Waals surface area contributed by atoms with E-state index in [0.29, 0.717) is 5.82 Å². The van der Waals surface area contributed by atoms with Crippen LogP contribution in [0.5, 0.6) is 0 Å². The van der Waals surface area contributed by atoms with Crippen LogP contribution in [0.3, 0.4) is 0 Å². The van der Waals surface area contributed by atoms with Crippen LogP contribution in [-0.4, -0.2) is 32.6 Å². The van der Waals surface area contributed by atoms with Crippen LogP contribution in [0.25, 0.3) is 0 Å². The van der Waals surface area contributed by atoms with Crippen molar-refractivity contribution in [3.05, 3.63) is 28.3 Å². The first-order valence-corrected chi connectivity index (χ1v) is 5.79. The largest absolute Gasteiger partial charge is 0.411 e. The second-order valence-corrected chi connectivity index (χ2v) is 4.82. The third-order valence-electron chi connectivity index (χ3n) is 3.20. The van der Waals surface area contributed by atoms with E-state index in [1.165, 1.54) is 13.1 Å². The molecule has 0 bridgehead atoms. The van der Waals surface area contributed by atoms with Crippen molar-refractivity contribution in [1.29, 1.82) is 0 Å². The molecule has 19 heavy (non-hydrogen) atoms. The number of hydrogen-bond acceptors (Lipinski definition) is 5. The maximum absolute atomic E-state index is 10.8. The van der Waals surface area contributed by atoms with Crippen LogP contribution >= 0.6 is 0 Å². The normalized spacial score (nSPS) is 13.9. The van der Waals surface area contributed by atoms with Gasteiger partial charge in [-0.2, -0.15) is 0 Å². The first kappa shape index (κ1) is 15.1. The second kappa shape index (κ2) is 5.79. The van der Waals surface area contributed by atoms with Crippen molar-refractivity contribution in [3.8, 4) is 0 Å². The lowest BCUT2D eigenvalue weighted by molar-refractivity contribution is -0.672. The van der Waals surface area contributed by atoms with Crippen molar-refractivity contribution in [1.82, 2.24) is 4.57 Å². The zero-order valence-electron chi connectivity index (χ0n) is 11.5. The van der Waals surface area contributed by atoms with E-state index in [4.69, 9.17) is 9.94 Å². The number of rotatable bonds is 6. The quantitative estimate of drug-likeness (QED) is 0.268. The highest BCUT2D eigenvalue weighted by molar-refractivity contribution is 5.72. The van der Waals surface area contributed by atoms with Crippen molar-refractivity contribution in [3.63, 3.8) is 0 Å². The monoisotopic (exact) mass is 271 g/mol. The molecule has 0 aliphatic rings. The molecular formula is C11H19N4O4+. The summed E-state index contributed by atoms with van der Waals surface area (Å²) in [5.41, 5.74) is -0.903. The molecule has 0 saturated carbocycles. The van der Waals surface area contributed by atoms with Gasteiger partial charge in [0.15, 0.2) is 12.9 Å². The molecule has 0 aromatic carbocycles. The summed E-state index contributed by atoms with van der Waals surface area (Å²) in [7, 11) is 1.79. The van der Waals surface area contributed by atoms with Crippen molar-refractivity contribution < 1.29 is 19.4 Å². The van der Waals surface area contributed by atoms with Crippen LogP contribution in [-0.2, 0) is 18.5 Å². The highest BCUT2D eigenvalue weighted by Crippen LogP contribution is 2.18. The molecule has 0 aliphatic carbocycles. The van der Waals surface area contributed by atoms with Gasteiger partial charge in [0.2, 0.25) is 6.04 Å². The molecule has 1 aromatic rings. The van der Waals surface area contributed by atoms with Gasteiger partial charge in [0.25, 0.3) is 0 Å². The molecule has 1 aromatic heterocycles. The number of nitrogens with zero attached hydrogens (tertiary/aromatic N) is 4. The molecule has 0 radical (unpaired) electrons. The number of imidazole rings is 1.